The molecule has 5 heteroatoms. The molecular weight excluding hydrogens is 272 g/mol. The average Bonchev–Trinajstić information content (AvgIpc) is 2.95. The summed E-state index contributed by atoms with van der Waals surface area (Å²) in [5.41, 5.74) is 1.37. The Morgan fingerprint density at radius 3 is 2.90 bits per heavy atom. The van der Waals surface area contributed by atoms with Crippen molar-refractivity contribution < 1.29 is 0 Å². The van der Waals surface area contributed by atoms with Gasteiger partial charge < -0.3 is 5.32 Å². The summed E-state index contributed by atoms with van der Waals surface area (Å²) in [6, 6.07) is 1.54. The summed E-state index contributed by atoms with van der Waals surface area (Å²) in [6.45, 7) is 6.73. The van der Waals surface area contributed by atoms with Gasteiger partial charge in [0, 0.05) is 43.5 Å². The summed E-state index contributed by atoms with van der Waals surface area (Å²) >= 11 is 0. The molecule has 114 valence electrons. The van der Waals surface area contributed by atoms with E-state index in [0.29, 0.717) is 6.04 Å². The summed E-state index contributed by atoms with van der Waals surface area (Å²) in [4.78, 5) is 2.66. The zero-order chi connectivity index (χ0) is 13.1. The third-order valence-corrected chi connectivity index (χ3v) is 4.21. The molecule has 0 aromatic carbocycles. The average molecular weight is 299 g/mol. The van der Waals surface area contributed by atoms with E-state index in [-0.39, 0.29) is 12.4 Å². The van der Waals surface area contributed by atoms with Crippen LogP contribution in [0.5, 0.6) is 0 Å². The van der Waals surface area contributed by atoms with Gasteiger partial charge in [0.05, 0.1) is 6.20 Å². The van der Waals surface area contributed by atoms with Crippen molar-refractivity contribution in [3.8, 4) is 0 Å². The third-order valence-electron chi connectivity index (χ3n) is 4.21. The highest BCUT2D eigenvalue weighted by Crippen LogP contribution is 2.29. The van der Waals surface area contributed by atoms with Gasteiger partial charge in [0.15, 0.2) is 0 Å². The molecule has 4 nitrogen and oxygen atoms in total. The lowest BCUT2D eigenvalue weighted by Gasteiger charge is -2.25. The highest BCUT2D eigenvalue weighted by Gasteiger charge is 2.31. The molecule has 0 radical (unpaired) electrons. The second-order valence-corrected chi connectivity index (χ2v) is 6.07. The molecule has 1 saturated heterocycles. The Kier molecular flexibility index (Phi) is 5.87. The minimum atomic E-state index is 0. The monoisotopic (exact) mass is 298 g/mol. The second kappa shape index (κ2) is 7.43. The smallest absolute Gasteiger partial charge is 0.0534 e. The molecule has 2 aliphatic rings. The largest absolute Gasteiger partial charge is 0.313 e. The van der Waals surface area contributed by atoms with Gasteiger partial charge in [-0.1, -0.05) is 6.92 Å². The quantitative estimate of drug-likeness (QED) is 0.839. The SMILES string of the molecule is CCCn1cc(CN(CC2CCCN2)C2CC2)cn1.Cl. The van der Waals surface area contributed by atoms with Gasteiger partial charge >= 0.3 is 0 Å². The molecule has 2 fully saturated rings. The number of hydrogen-bond donors (Lipinski definition) is 1. The van der Waals surface area contributed by atoms with Crippen LogP contribution in [0.3, 0.4) is 0 Å². The van der Waals surface area contributed by atoms with Crippen molar-refractivity contribution in [3.05, 3.63) is 18.0 Å². The predicted molar refractivity (Wildman–Crippen MR) is 84.2 cm³/mol. The molecule has 1 aliphatic heterocycles. The summed E-state index contributed by atoms with van der Waals surface area (Å²) in [5, 5.41) is 8.06. The Balaban J connectivity index is 0.00000147. The lowest BCUT2D eigenvalue weighted by atomic mass is 10.2. The van der Waals surface area contributed by atoms with Crippen molar-refractivity contribution in [2.24, 2.45) is 0 Å². The lowest BCUT2D eigenvalue weighted by molar-refractivity contribution is 0.231. The molecule has 1 N–H and O–H groups in total. The Labute approximate surface area is 128 Å². The van der Waals surface area contributed by atoms with Crippen LogP contribution < -0.4 is 5.32 Å². The van der Waals surface area contributed by atoms with Crippen LogP contribution in [0.15, 0.2) is 12.4 Å². The van der Waals surface area contributed by atoms with Crippen LogP contribution in [0.2, 0.25) is 0 Å². The number of nitrogens with one attached hydrogen (secondary N) is 1. The molecule has 1 unspecified atom stereocenters. The Hall–Kier alpha value is -0.580. The second-order valence-electron chi connectivity index (χ2n) is 6.07. The minimum absolute atomic E-state index is 0. The van der Waals surface area contributed by atoms with Crippen LogP contribution in [0.25, 0.3) is 0 Å². The fraction of sp³-hybridized carbons (Fsp3) is 0.800. The van der Waals surface area contributed by atoms with Crippen LogP contribution in [0.1, 0.15) is 44.6 Å². The van der Waals surface area contributed by atoms with Crippen LogP contribution in [-0.4, -0.2) is 39.9 Å². The molecule has 1 aliphatic carbocycles. The molecule has 0 bridgehead atoms. The summed E-state index contributed by atoms with van der Waals surface area (Å²) in [6.07, 6.45) is 10.9. The van der Waals surface area contributed by atoms with Crippen molar-refractivity contribution in [3.63, 3.8) is 0 Å². The van der Waals surface area contributed by atoms with Crippen LogP contribution in [0.4, 0.5) is 0 Å². The van der Waals surface area contributed by atoms with Crippen molar-refractivity contribution >= 4 is 12.4 Å². The van der Waals surface area contributed by atoms with E-state index in [1.165, 1.54) is 44.3 Å². The standard InChI is InChI=1S/C15H26N4.ClH/c1-2-8-19-11-13(9-17-19)10-18(15-5-6-15)12-14-4-3-7-16-14;/h9,11,14-16H,2-8,10,12H2,1H3;1H. The normalized spacial score (nSPS) is 22.2. The zero-order valence-electron chi connectivity index (χ0n) is 12.4. The van der Waals surface area contributed by atoms with E-state index in [1.54, 1.807) is 0 Å². The predicted octanol–water partition coefficient (Wildman–Crippen LogP) is 2.43. The first-order valence-corrected chi connectivity index (χ1v) is 7.84. The van der Waals surface area contributed by atoms with Gasteiger partial charge in [0.1, 0.15) is 0 Å². The Morgan fingerprint density at radius 1 is 1.40 bits per heavy atom. The summed E-state index contributed by atoms with van der Waals surface area (Å²) in [7, 11) is 0. The molecule has 1 aromatic heterocycles. The zero-order valence-corrected chi connectivity index (χ0v) is 13.2. The van der Waals surface area contributed by atoms with Gasteiger partial charge in [-0.2, -0.15) is 5.10 Å². The fourth-order valence-corrected chi connectivity index (χ4v) is 3.05. The van der Waals surface area contributed by atoms with Gasteiger partial charge in [-0.3, -0.25) is 9.58 Å². The van der Waals surface area contributed by atoms with E-state index in [2.05, 4.69) is 33.1 Å². The molecule has 1 aromatic rings. The van der Waals surface area contributed by atoms with Gasteiger partial charge in [-0.25, -0.2) is 0 Å². The van der Waals surface area contributed by atoms with E-state index in [1.807, 2.05) is 6.20 Å². The van der Waals surface area contributed by atoms with E-state index in [9.17, 15) is 0 Å². The molecule has 1 atom stereocenters. The first-order valence-electron chi connectivity index (χ1n) is 7.84. The number of rotatable bonds is 7. The van der Waals surface area contributed by atoms with Crippen LogP contribution in [-0.2, 0) is 13.1 Å². The van der Waals surface area contributed by atoms with Gasteiger partial charge in [-0.15, -0.1) is 12.4 Å². The third kappa shape index (κ3) is 4.21. The van der Waals surface area contributed by atoms with Gasteiger partial charge in [0.2, 0.25) is 0 Å². The summed E-state index contributed by atoms with van der Waals surface area (Å²) < 4.78 is 2.08. The van der Waals surface area contributed by atoms with E-state index in [4.69, 9.17) is 0 Å². The fourth-order valence-electron chi connectivity index (χ4n) is 3.05. The lowest BCUT2D eigenvalue weighted by Crippen LogP contribution is -2.38. The topological polar surface area (TPSA) is 33.1 Å². The highest BCUT2D eigenvalue weighted by molar-refractivity contribution is 5.85. The van der Waals surface area contributed by atoms with Gasteiger partial charge in [-0.05, 0) is 38.6 Å². The van der Waals surface area contributed by atoms with Crippen LogP contribution >= 0.6 is 12.4 Å². The molecule has 0 spiro atoms. The number of hydrogen-bond acceptors (Lipinski definition) is 3. The molecule has 1 saturated carbocycles. The van der Waals surface area contributed by atoms with Crippen molar-refractivity contribution in [1.29, 1.82) is 0 Å². The van der Waals surface area contributed by atoms with Crippen LogP contribution in [0, 0.1) is 0 Å². The highest BCUT2D eigenvalue weighted by atomic mass is 35.5. The first kappa shape index (κ1) is 15.8. The van der Waals surface area contributed by atoms with Crippen molar-refractivity contribution in [2.75, 3.05) is 13.1 Å². The number of halogens is 1. The molecular formula is C15H27ClN4. The summed E-state index contributed by atoms with van der Waals surface area (Å²) in [5.74, 6) is 0. The molecule has 2 heterocycles. The maximum absolute atomic E-state index is 4.44. The first-order chi connectivity index (χ1) is 9.35. The van der Waals surface area contributed by atoms with Crippen molar-refractivity contribution in [1.82, 2.24) is 20.0 Å². The number of aromatic nitrogens is 2. The molecule has 0 amide bonds. The molecule has 20 heavy (non-hydrogen) atoms. The Bertz CT molecular complexity index is 396. The number of aryl methyl sites for hydroxylation is 1. The Morgan fingerprint density at radius 2 is 2.25 bits per heavy atom. The van der Waals surface area contributed by atoms with Crippen molar-refractivity contribution in [2.45, 2.75) is 64.2 Å². The molecule has 3 rings (SSSR count). The number of nitrogens with zero attached hydrogens (tertiary/aromatic N) is 3. The van der Waals surface area contributed by atoms with E-state index in [0.717, 1.165) is 25.6 Å². The maximum Gasteiger partial charge on any atom is 0.0534 e. The van der Waals surface area contributed by atoms with E-state index < -0.39 is 0 Å². The van der Waals surface area contributed by atoms with E-state index >= 15 is 0 Å². The minimum Gasteiger partial charge on any atom is -0.313 e. The van der Waals surface area contributed by atoms with Gasteiger partial charge in [0.25, 0.3) is 0 Å². The maximum atomic E-state index is 4.44.